The van der Waals surface area contributed by atoms with Crippen LogP contribution >= 0.6 is 0 Å². The predicted octanol–water partition coefficient (Wildman–Crippen LogP) is 2.77. The van der Waals surface area contributed by atoms with E-state index in [0.717, 1.165) is 24.8 Å². The summed E-state index contributed by atoms with van der Waals surface area (Å²) in [7, 11) is -2.16. The molecule has 4 rings (SSSR count). The summed E-state index contributed by atoms with van der Waals surface area (Å²) in [5.41, 5.74) is 1.06. The normalized spacial score (nSPS) is 15.3. The number of hydrogen-bond acceptors (Lipinski definition) is 5. The molecule has 9 heteroatoms. The summed E-state index contributed by atoms with van der Waals surface area (Å²) in [6.07, 6.45) is 6.08. The average Bonchev–Trinajstić information content (AvgIpc) is 3.18. The van der Waals surface area contributed by atoms with Gasteiger partial charge < -0.3 is 10.1 Å². The van der Waals surface area contributed by atoms with Gasteiger partial charge in [-0.15, -0.1) is 0 Å². The molecule has 1 fully saturated rings. The van der Waals surface area contributed by atoms with Crippen LogP contribution in [0.5, 0.6) is 5.75 Å². The number of hydrogen-bond donors (Lipinski definition) is 1. The van der Waals surface area contributed by atoms with Gasteiger partial charge in [-0.3, -0.25) is 9.20 Å². The number of carbonyl (C=O) groups excluding carboxylic acids is 1. The molecule has 1 aliphatic rings. The number of rotatable bonds is 5. The summed E-state index contributed by atoms with van der Waals surface area (Å²) >= 11 is 0. The monoisotopic (exact) mass is 414 g/mol. The van der Waals surface area contributed by atoms with Crippen molar-refractivity contribution in [2.24, 2.45) is 0 Å². The number of benzene rings is 1. The number of methoxy groups -OCH3 is 1. The molecule has 1 N–H and O–H groups in total. The quantitative estimate of drug-likeness (QED) is 0.693. The number of fused-ring (bicyclic) bond motifs is 1. The largest absolute Gasteiger partial charge is 0.495 e. The Bertz CT molecular complexity index is 1150. The van der Waals surface area contributed by atoms with Gasteiger partial charge >= 0.3 is 0 Å². The smallest absolute Gasteiger partial charge is 0.292 e. The fourth-order valence-electron chi connectivity index (χ4n) is 3.49. The van der Waals surface area contributed by atoms with Gasteiger partial charge in [0.2, 0.25) is 15.8 Å². The molecule has 0 unspecified atom stereocenters. The summed E-state index contributed by atoms with van der Waals surface area (Å²) in [6, 6.07) is 10.0. The molecule has 1 aromatic carbocycles. The minimum absolute atomic E-state index is 0.128. The lowest BCUT2D eigenvalue weighted by molar-refractivity contribution is 0.101. The van der Waals surface area contributed by atoms with E-state index in [1.165, 1.54) is 23.5 Å². The first-order valence-corrected chi connectivity index (χ1v) is 10.9. The van der Waals surface area contributed by atoms with Crippen molar-refractivity contribution >= 4 is 27.1 Å². The lowest BCUT2D eigenvalue weighted by atomic mass is 10.2. The number of nitrogens with zero attached hydrogens (tertiary/aromatic N) is 3. The Balaban J connectivity index is 1.66. The molecule has 3 heterocycles. The maximum absolute atomic E-state index is 13.0. The topological polar surface area (TPSA) is 93.0 Å². The van der Waals surface area contributed by atoms with Gasteiger partial charge in [-0.05, 0) is 43.2 Å². The molecule has 152 valence electrons. The average molecular weight is 414 g/mol. The van der Waals surface area contributed by atoms with Crippen LogP contribution in [0, 0.1) is 0 Å². The number of imidazole rings is 1. The van der Waals surface area contributed by atoms with Crippen LogP contribution in [0.15, 0.2) is 53.7 Å². The number of carbonyl (C=O) groups is 1. The third-order valence-corrected chi connectivity index (χ3v) is 6.91. The first kappa shape index (κ1) is 19.4. The molecule has 0 atom stereocenters. The van der Waals surface area contributed by atoms with E-state index < -0.39 is 15.9 Å². The molecule has 1 aliphatic heterocycles. The second-order valence-corrected chi connectivity index (χ2v) is 8.80. The van der Waals surface area contributed by atoms with E-state index in [9.17, 15) is 13.2 Å². The third-order valence-electron chi connectivity index (χ3n) is 5.01. The van der Waals surface area contributed by atoms with Gasteiger partial charge in [0.05, 0.1) is 29.4 Å². The number of piperidine rings is 1. The number of anilines is 1. The van der Waals surface area contributed by atoms with Crippen molar-refractivity contribution in [3.05, 3.63) is 54.6 Å². The van der Waals surface area contributed by atoms with Crippen molar-refractivity contribution in [2.45, 2.75) is 24.2 Å². The third kappa shape index (κ3) is 3.70. The number of sulfonamides is 1. The Hall–Kier alpha value is -2.91. The Kier molecular flexibility index (Phi) is 5.25. The molecule has 1 amide bonds. The van der Waals surface area contributed by atoms with Gasteiger partial charge in [-0.1, -0.05) is 12.5 Å². The summed E-state index contributed by atoms with van der Waals surface area (Å²) in [5, 5.41) is 2.74. The van der Waals surface area contributed by atoms with Gasteiger partial charge in [0.15, 0.2) is 0 Å². The van der Waals surface area contributed by atoms with Crippen molar-refractivity contribution in [1.82, 2.24) is 13.7 Å². The standard InChI is InChI=1S/C20H22N4O4S/c1-28-18-9-8-16(29(26,27)23-10-4-2-5-11-23)13-17(18)22-20(25)19-21-14-15-7-3-6-12-24(15)19/h3,6-9,12-14H,2,4-5,10-11H2,1H3,(H,22,25). The fraction of sp³-hybridized carbons (Fsp3) is 0.300. The van der Waals surface area contributed by atoms with Crippen molar-refractivity contribution < 1.29 is 17.9 Å². The van der Waals surface area contributed by atoms with E-state index in [2.05, 4.69) is 10.3 Å². The first-order valence-electron chi connectivity index (χ1n) is 9.42. The van der Waals surface area contributed by atoms with E-state index >= 15 is 0 Å². The van der Waals surface area contributed by atoms with Crippen LogP contribution in [-0.2, 0) is 10.0 Å². The van der Waals surface area contributed by atoms with Crippen LogP contribution in [0.2, 0.25) is 0 Å². The van der Waals surface area contributed by atoms with Crippen molar-refractivity contribution in [1.29, 1.82) is 0 Å². The number of amides is 1. The highest BCUT2D eigenvalue weighted by atomic mass is 32.2. The molecule has 0 spiro atoms. The van der Waals surface area contributed by atoms with Gasteiger partial charge in [-0.25, -0.2) is 13.4 Å². The van der Waals surface area contributed by atoms with Gasteiger partial charge in [0.25, 0.3) is 5.91 Å². The first-order chi connectivity index (χ1) is 14.0. The molecule has 0 bridgehead atoms. The molecule has 0 radical (unpaired) electrons. The molecule has 3 aromatic rings. The molecule has 29 heavy (non-hydrogen) atoms. The van der Waals surface area contributed by atoms with E-state index in [1.807, 2.05) is 12.1 Å². The van der Waals surface area contributed by atoms with Crippen molar-refractivity contribution in [3.63, 3.8) is 0 Å². The maximum atomic E-state index is 13.0. The summed E-state index contributed by atoms with van der Waals surface area (Å²) in [4.78, 5) is 17.1. The van der Waals surface area contributed by atoms with Gasteiger partial charge in [-0.2, -0.15) is 4.31 Å². The second-order valence-electron chi connectivity index (χ2n) is 6.86. The highest BCUT2D eigenvalue weighted by molar-refractivity contribution is 7.89. The number of nitrogens with one attached hydrogen (secondary N) is 1. The van der Waals surface area contributed by atoms with Gasteiger partial charge in [0.1, 0.15) is 5.75 Å². The van der Waals surface area contributed by atoms with Crippen LogP contribution in [0.1, 0.15) is 29.9 Å². The van der Waals surface area contributed by atoms with Crippen LogP contribution in [-0.4, -0.2) is 48.2 Å². The lowest BCUT2D eigenvalue weighted by Crippen LogP contribution is -2.35. The molecule has 0 saturated carbocycles. The van der Waals surface area contributed by atoms with Gasteiger partial charge in [0, 0.05) is 19.3 Å². The van der Waals surface area contributed by atoms with Crippen LogP contribution in [0.4, 0.5) is 5.69 Å². The number of aromatic nitrogens is 2. The summed E-state index contributed by atoms with van der Waals surface area (Å²) in [5.74, 6) is 0.116. The molecule has 2 aromatic heterocycles. The van der Waals surface area contributed by atoms with E-state index in [1.54, 1.807) is 28.9 Å². The van der Waals surface area contributed by atoms with Crippen LogP contribution < -0.4 is 10.1 Å². The summed E-state index contributed by atoms with van der Waals surface area (Å²) < 4.78 is 34.4. The Morgan fingerprint density at radius 2 is 1.93 bits per heavy atom. The Morgan fingerprint density at radius 1 is 1.14 bits per heavy atom. The maximum Gasteiger partial charge on any atom is 0.292 e. The Morgan fingerprint density at radius 3 is 2.69 bits per heavy atom. The zero-order valence-corrected chi connectivity index (χ0v) is 16.9. The highest BCUT2D eigenvalue weighted by Crippen LogP contribution is 2.30. The zero-order valence-electron chi connectivity index (χ0n) is 16.0. The molecule has 0 aliphatic carbocycles. The SMILES string of the molecule is COc1ccc(S(=O)(=O)N2CCCCC2)cc1NC(=O)c1ncc2ccccn12. The van der Waals surface area contributed by atoms with E-state index in [4.69, 9.17) is 4.74 Å². The Labute approximate surface area is 169 Å². The van der Waals surface area contributed by atoms with E-state index in [-0.39, 0.29) is 16.4 Å². The highest BCUT2D eigenvalue weighted by Gasteiger charge is 2.27. The van der Waals surface area contributed by atoms with Crippen LogP contribution in [0.3, 0.4) is 0 Å². The van der Waals surface area contributed by atoms with Crippen molar-refractivity contribution in [2.75, 3.05) is 25.5 Å². The fourth-order valence-corrected chi connectivity index (χ4v) is 5.03. The lowest BCUT2D eigenvalue weighted by Gasteiger charge is -2.26. The molecular weight excluding hydrogens is 392 g/mol. The van der Waals surface area contributed by atoms with E-state index in [0.29, 0.717) is 18.8 Å². The number of pyridine rings is 1. The summed E-state index contributed by atoms with van der Waals surface area (Å²) in [6.45, 7) is 1.02. The minimum Gasteiger partial charge on any atom is -0.495 e. The molecule has 1 saturated heterocycles. The molecule has 8 nitrogen and oxygen atoms in total. The number of ether oxygens (including phenoxy) is 1. The van der Waals surface area contributed by atoms with Crippen molar-refractivity contribution in [3.8, 4) is 5.75 Å². The second kappa shape index (κ2) is 7.84. The zero-order chi connectivity index (χ0) is 20.4. The predicted molar refractivity (Wildman–Crippen MR) is 109 cm³/mol. The van der Waals surface area contributed by atoms with Crippen LogP contribution in [0.25, 0.3) is 5.52 Å². The molecular formula is C20H22N4O4S. The minimum atomic E-state index is -3.63.